The minimum atomic E-state index is -2.08. The molecule has 3 N–H and O–H groups in total. The molecule has 2 heterocycles. The Balaban J connectivity index is 1.81. The predicted molar refractivity (Wildman–Crippen MR) is 101 cm³/mol. The van der Waals surface area contributed by atoms with Gasteiger partial charge in [0.1, 0.15) is 12.6 Å². The summed E-state index contributed by atoms with van der Waals surface area (Å²) in [6.45, 7) is 0.191. The van der Waals surface area contributed by atoms with Gasteiger partial charge in [-0.1, -0.05) is 30.3 Å². The molecule has 1 aromatic carbocycles. The number of nitrogens with zero attached hydrogens (tertiary/aromatic N) is 2. The van der Waals surface area contributed by atoms with Gasteiger partial charge in [0.2, 0.25) is 17.4 Å². The fourth-order valence-corrected chi connectivity index (χ4v) is 4.10. The van der Waals surface area contributed by atoms with Crippen molar-refractivity contribution in [2.75, 3.05) is 19.6 Å². The standard InChI is InChI=1S/C20H25N3O6/c21-12-16(24)22-10-4-8-15(22)17(25)23-11-5-9-20(23,18(26)27)19(28)29-13-14-6-2-1-3-7-14/h1-3,6-7,15H,4-5,8-13,21H2,(H,26,27)/t15-,20-/m0/s1. The minimum Gasteiger partial charge on any atom is -0.479 e. The van der Waals surface area contributed by atoms with Crippen molar-refractivity contribution in [3.8, 4) is 0 Å². The highest BCUT2D eigenvalue weighted by Crippen LogP contribution is 2.34. The van der Waals surface area contributed by atoms with Crippen molar-refractivity contribution in [3.63, 3.8) is 0 Å². The van der Waals surface area contributed by atoms with Crippen molar-refractivity contribution in [2.45, 2.75) is 43.9 Å². The summed E-state index contributed by atoms with van der Waals surface area (Å²) in [5.74, 6) is -3.29. The number of hydrogen-bond donors (Lipinski definition) is 2. The van der Waals surface area contributed by atoms with Gasteiger partial charge in [0.05, 0.1) is 6.54 Å². The van der Waals surface area contributed by atoms with Crippen LogP contribution in [0, 0.1) is 0 Å². The fraction of sp³-hybridized carbons (Fsp3) is 0.500. The number of carboxylic acids is 1. The molecule has 2 amide bonds. The maximum Gasteiger partial charge on any atom is 0.344 e. The highest BCUT2D eigenvalue weighted by molar-refractivity contribution is 6.08. The summed E-state index contributed by atoms with van der Waals surface area (Å²) >= 11 is 0. The van der Waals surface area contributed by atoms with Gasteiger partial charge < -0.3 is 25.4 Å². The molecule has 0 radical (unpaired) electrons. The molecular formula is C20H25N3O6. The Labute approximate surface area is 168 Å². The van der Waals surface area contributed by atoms with Crippen LogP contribution in [0.4, 0.5) is 0 Å². The van der Waals surface area contributed by atoms with Crippen molar-refractivity contribution in [1.29, 1.82) is 0 Å². The van der Waals surface area contributed by atoms with Gasteiger partial charge in [-0.25, -0.2) is 9.59 Å². The van der Waals surface area contributed by atoms with E-state index in [1.54, 1.807) is 24.3 Å². The van der Waals surface area contributed by atoms with Crippen LogP contribution >= 0.6 is 0 Å². The number of carbonyl (C=O) groups is 4. The Morgan fingerprint density at radius 3 is 2.52 bits per heavy atom. The van der Waals surface area contributed by atoms with Crippen LogP contribution in [0.2, 0.25) is 0 Å². The van der Waals surface area contributed by atoms with Crippen molar-refractivity contribution < 1.29 is 29.0 Å². The number of likely N-dealkylation sites (tertiary alicyclic amines) is 2. The molecule has 29 heavy (non-hydrogen) atoms. The normalized spacial score (nSPS) is 23.8. The van der Waals surface area contributed by atoms with E-state index in [1.165, 1.54) is 4.90 Å². The van der Waals surface area contributed by atoms with Gasteiger partial charge >= 0.3 is 11.9 Å². The maximum absolute atomic E-state index is 13.2. The third kappa shape index (κ3) is 3.82. The molecule has 0 bridgehead atoms. The van der Waals surface area contributed by atoms with Gasteiger partial charge in [-0.15, -0.1) is 0 Å². The number of carbonyl (C=O) groups excluding carboxylic acids is 3. The van der Waals surface area contributed by atoms with E-state index in [0.29, 0.717) is 31.4 Å². The number of carboxylic acid groups (broad SMARTS) is 1. The van der Waals surface area contributed by atoms with Crippen LogP contribution in [0.3, 0.4) is 0 Å². The smallest absolute Gasteiger partial charge is 0.344 e. The molecule has 0 saturated carbocycles. The van der Waals surface area contributed by atoms with Crippen LogP contribution in [0.5, 0.6) is 0 Å². The van der Waals surface area contributed by atoms with Gasteiger partial charge in [0.15, 0.2) is 0 Å². The van der Waals surface area contributed by atoms with Crippen LogP contribution in [-0.4, -0.2) is 69.9 Å². The van der Waals surface area contributed by atoms with Crippen molar-refractivity contribution in [2.24, 2.45) is 5.73 Å². The summed E-state index contributed by atoms with van der Waals surface area (Å²) in [6, 6.07) is 8.09. The molecule has 0 aromatic heterocycles. The van der Waals surface area contributed by atoms with E-state index < -0.39 is 29.4 Å². The average Bonchev–Trinajstić information content (AvgIpc) is 3.39. The van der Waals surface area contributed by atoms with E-state index in [9.17, 15) is 24.3 Å². The number of amides is 2. The molecule has 3 rings (SSSR count). The molecule has 9 nitrogen and oxygen atoms in total. The number of benzene rings is 1. The van der Waals surface area contributed by atoms with Crippen LogP contribution in [0.25, 0.3) is 0 Å². The number of rotatable bonds is 6. The van der Waals surface area contributed by atoms with Crippen molar-refractivity contribution >= 4 is 23.8 Å². The van der Waals surface area contributed by atoms with Gasteiger partial charge in [-0.3, -0.25) is 9.59 Å². The molecule has 2 fully saturated rings. The van der Waals surface area contributed by atoms with E-state index in [2.05, 4.69) is 0 Å². The molecular weight excluding hydrogens is 378 g/mol. The minimum absolute atomic E-state index is 0.0285. The summed E-state index contributed by atoms with van der Waals surface area (Å²) < 4.78 is 5.30. The zero-order valence-corrected chi connectivity index (χ0v) is 16.1. The quantitative estimate of drug-likeness (QED) is 0.510. The van der Waals surface area contributed by atoms with E-state index in [0.717, 1.165) is 4.90 Å². The van der Waals surface area contributed by atoms with Crippen LogP contribution < -0.4 is 5.73 Å². The summed E-state index contributed by atoms with van der Waals surface area (Å²) in [7, 11) is 0. The third-order valence-corrected chi connectivity index (χ3v) is 5.58. The van der Waals surface area contributed by atoms with Crippen molar-refractivity contribution in [1.82, 2.24) is 9.80 Å². The largest absolute Gasteiger partial charge is 0.479 e. The predicted octanol–water partition coefficient (Wildman–Crippen LogP) is 0.125. The zero-order chi connectivity index (χ0) is 21.0. The lowest BCUT2D eigenvalue weighted by Gasteiger charge is -2.36. The second-order valence-electron chi connectivity index (χ2n) is 7.27. The summed E-state index contributed by atoms with van der Waals surface area (Å²) in [4.78, 5) is 52.8. The molecule has 156 valence electrons. The third-order valence-electron chi connectivity index (χ3n) is 5.58. The first-order valence-electron chi connectivity index (χ1n) is 9.67. The van der Waals surface area contributed by atoms with E-state index in [4.69, 9.17) is 10.5 Å². The molecule has 1 aromatic rings. The van der Waals surface area contributed by atoms with Crippen molar-refractivity contribution in [3.05, 3.63) is 35.9 Å². The number of ether oxygens (including phenoxy) is 1. The first-order valence-corrected chi connectivity index (χ1v) is 9.67. The lowest BCUT2D eigenvalue weighted by atomic mass is 9.95. The summed E-state index contributed by atoms with van der Waals surface area (Å²) in [6.07, 6.45) is 1.36. The molecule has 2 aliphatic heterocycles. The second-order valence-corrected chi connectivity index (χ2v) is 7.27. The van der Waals surface area contributed by atoms with Crippen LogP contribution in [0.15, 0.2) is 30.3 Å². The SMILES string of the molecule is NCC(=O)N1CCC[C@H]1C(=O)N1CCC[C@]1(C(=O)O)C(=O)OCc1ccccc1. The molecule has 9 heteroatoms. The maximum atomic E-state index is 13.2. The van der Waals surface area contributed by atoms with Gasteiger partial charge in [-0.2, -0.15) is 0 Å². The van der Waals surface area contributed by atoms with Gasteiger partial charge in [0, 0.05) is 13.1 Å². The lowest BCUT2D eigenvalue weighted by Crippen LogP contribution is -2.62. The monoisotopic (exact) mass is 403 g/mol. The van der Waals surface area contributed by atoms with E-state index >= 15 is 0 Å². The van der Waals surface area contributed by atoms with Crippen LogP contribution in [0.1, 0.15) is 31.2 Å². The van der Waals surface area contributed by atoms with Gasteiger partial charge in [-0.05, 0) is 31.2 Å². The Morgan fingerprint density at radius 2 is 1.86 bits per heavy atom. The highest BCUT2D eigenvalue weighted by Gasteiger charge is 2.59. The van der Waals surface area contributed by atoms with E-state index in [1.807, 2.05) is 6.07 Å². The molecule has 2 saturated heterocycles. The lowest BCUT2D eigenvalue weighted by molar-refractivity contribution is -0.175. The number of nitrogens with two attached hydrogens (primary N) is 1. The van der Waals surface area contributed by atoms with Gasteiger partial charge in [0.25, 0.3) is 0 Å². The first-order chi connectivity index (χ1) is 13.9. The zero-order valence-electron chi connectivity index (χ0n) is 16.1. The molecule has 2 aliphatic rings. The Hall–Kier alpha value is -2.94. The molecule has 0 aliphatic carbocycles. The topological polar surface area (TPSA) is 130 Å². The number of esters is 1. The molecule has 0 spiro atoms. The molecule has 0 unspecified atom stereocenters. The number of aliphatic carboxylic acids is 1. The Morgan fingerprint density at radius 1 is 1.14 bits per heavy atom. The fourth-order valence-electron chi connectivity index (χ4n) is 4.10. The average molecular weight is 403 g/mol. The van der Waals surface area contributed by atoms with E-state index in [-0.39, 0.29) is 32.0 Å². The second kappa shape index (κ2) is 8.60. The van der Waals surface area contributed by atoms with Crippen LogP contribution in [-0.2, 0) is 30.5 Å². The Kier molecular flexibility index (Phi) is 6.17. The Bertz CT molecular complexity index is 799. The molecule has 2 atom stereocenters. The highest BCUT2D eigenvalue weighted by atomic mass is 16.5. The number of hydrogen-bond acceptors (Lipinski definition) is 6. The summed E-state index contributed by atoms with van der Waals surface area (Å²) in [5, 5.41) is 9.92. The summed E-state index contributed by atoms with van der Waals surface area (Å²) in [5.41, 5.74) is 4.07. The first kappa shape index (κ1) is 20.8.